The first-order valence-electron chi connectivity index (χ1n) is 8.79. The third kappa shape index (κ3) is 4.97. The molecule has 2 N–H and O–H groups in total. The fourth-order valence-corrected chi connectivity index (χ4v) is 3.65. The van der Waals surface area contributed by atoms with E-state index in [0.29, 0.717) is 35.8 Å². The van der Waals surface area contributed by atoms with Gasteiger partial charge in [-0.15, -0.1) is 11.3 Å². The third-order valence-electron chi connectivity index (χ3n) is 4.37. The molecule has 1 saturated carbocycles. The van der Waals surface area contributed by atoms with Gasteiger partial charge in [0.2, 0.25) is 11.5 Å². The molecule has 27 heavy (non-hydrogen) atoms. The number of hydrogen-bond donors (Lipinski definition) is 2. The Hall–Kier alpha value is -1.71. The molecule has 1 amide bonds. The second-order valence-electron chi connectivity index (χ2n) is 6.74. The molecule has 1 aromatic carbocycles. The van der Waals surface area contributed by atoms with Crippen molar-refractivity contribution in [2.45, 2.75) is 37.5 Å². The summed E-state index contributed by atoms with van der Waals surface area (Å²) in [6.07, 6.45) is -3.29. The molecule has 0 spiro atoms. The summed E-state index contributed by atoms with van der Waals surface area (Å²) in [5.41, 5.74) is -2.96. The lowest BCUT2D eigenvalue weighted by Gasteiger charge is -2.27. The normalized spacial score (nSPS) is 17.0. The van der Waals surface area contributed by atoms with E-state index < -0.39 is 29.1 Å². The molecule has 1 unspecified atom stereocenters. The van der Waals surface area contributed by atoms with Gasteiger partial charge in [0, 0.05) is 19.8 Å². The van der Waals surface area contributed by atoms with Gasteiger partial charge in [-0.25, -0.2) is 4.98 Å². The molecule has 1 fully saturated rings. The maximum absolute atomic E-state index is 13.6. The van der Waals surface area contributed by atoms with Crippen LogP contribution in [-0.2, 0) is 15.1 Å². The summed E-state index contributed by atoms with van der Waals surface area (Å²) in [7, 11) is 0. The van der Waals surface area contributed by atoms with Gasteiger partial charge in [-0.2, -0.15) is 13.2 Å². The number of amides is 1. The highest BCUT2D eigenvalue weighted by molar-refractivity contribution is 7.18. The molecule has 9 heteroatoms. The van der Waals surface area contributed by atoms with Crippen LogP contribution in [0, 0.1) is 5.92 Å². The summed E-state index contributed by atoms with van der Waals surface area (Å²) in [5, 5.41) is 12.2. The number of aromatic nitrogens is 1. The Morgan fingerprint density at radius 2 is 2.07 bits per heavy atom. The standard InChI is InChI=1S/C18H21F3N2O3S/c19-18(20,21)17(25,16-23-13-4-1-2-5-14(13)27-16)10-15(24)22-8-3-9-26-11-12-6-7-12/h1-2,4-5,12,25H,3,6-11H2,(H,22,24). The number of nitrogens with zero attached hydrogens (tertiary/aromatic N) is 1. The van der Waals surface area contributed by atoms with Crippen LogP contribution < -0.4 is 5.32 Å². The molecular formula is C18H21F3N2O3S. The summed E-state index contributed by atoms with van der Waals surface area (Å²) < 4.78 is 46.6. The minimum Gasteiger partial charge on any atom is -0.381 e. The number of nitrogens with one attached hydrogen (secondary N) is 1. The van der Waals surface area contributed by atoms with E-state index in [1.807, 2.05) is 0 Å². The van der Waals surface area contributed by atoms with Crippen molar-refractivity contribution in [1.82, 2.24) is 10.3 Å². The van der Waals surface area contributed by atoms with E-state index >= 15 is 0 Å². The number of alkyl halides is 3. The summed E-state index contributed by atoms with van der Waals surface area (Å²) in [5.74, 6) is -0.244. The van der Waals surface area contributed by atoms with E-state index in [1.165, 1.54) is 12.8 Å². The van der Waals surface area contributed by atoms with Crippen LogP contribution in [0.5, 0.6) is 0 Å². The zero-order valence-electron chi connectivity index (χ0n) is 14.6. The maximum atomic E-state index is 13.6. The molecule has 1 aliphatic rings. The lowest BCUT2D eigenvalue weighted by molar-refractivity contribution is -0.267. The zero-order chi connectivity index (χ0) is 19.5. The van der Waals surface area contributed by atoms with E-state index in [-0.39, 0.29) is 6.54 Å². The van der Waals surface area contributed by atoms with Crippen molar-refractivity contribution in [2.75, 3.05) is 19.8 Å². The first-order chi connectivity index (χ1) is 12.8. The number of ether oxygens (including phenoxy) is 1. The molecule has 1 aliphatic carbocycles. The van der Waals surface area contributed by atoms with E-state index in [0.717, 1.165) is 11.3 Å². The predicted molar refractivity (Wildman–Crippen MR) is 95.4 cm³/mol. The Kier molecular flexibility index (Phi) is 6.02. The largest absolute Gasteiger partial charge is 0.424 e. The van der Waals surface area contributed by atoms with Gasteiger partial charge < -0.3 is 15.2 Å². The van der Waals surface area contributed by atoms with Crippen molar-refractivity contribution in [3.8, 4) is 0 Å². The van der Waals surface area contributed by atoms with Gasteiger partial charge >= 0.3 is 6.18 Å². The number of thiazole rings is 1. The van der Waals surface area contributed by atoms with E-state index in [2.05, 4.69) is 10.3 Å². The van der Waals surface area contributed by atoms with Crippen molar-refractivity contribution >= 4 is 27.5 Å². The number of halogens is 3. The fourth-order valence-electron chi connectivity index (χ4n) is 2.58. The van der Waals surface area contributed by atoms with Gasteiger partial charge in [0.15, 0.2) is 0 Å². The number of aliphatic hydroxyl groups is 1. The third-order valence-corrected chi connectivity index (χ3v) is 5.56. The van der Waals surface area contributed by atoms with E-state index in [1.54, 1.807) is 24.3 Å². The van der Waals surface area contributed by atoms with Crippen LogP contribution in [0.15, 0.2) is 24.3 Å². The number of fused-ring (bicyclic) bond motifs is 1. The fraction of sp³-hybridized carbons (Fsp3) is 0.556. The van der Waals surface area contributed by atoms with Gasteiger partial charge in [0.1, 0.15) is 5.01 Å². The van der Waals surface area contributed by atoms with Gasteiger partial charge in [0.25, 0.3) is 0 Å². The van der Waals surface area contributed by atoms with Crippen LogP contribution in [0.4, 0.5) is 13.2 Å². The second kappa shape index (κ2) is 8.12. The van der Waals surface area contributed by atoms with Crippen molar-refractivity contribution in [1.29, 1.82) is 0 Å². The summed E-state index contributed by atoms with van der Waals surface area (Å²) in [4.78, 5) is 15.9. The molecule has 2 aromatic rings. The van der Waals surface area contributed by atoms with E-state index in [9.17, 15) is 23.1 Å². The lowest BCUT2D eigenvalue weighted by atomic mass is 9.99. The molecule has 148 valence electrons. The van der Waals surface area contributed by atoms with Crippen molar-refractivity contribution in [3.05, 3.63) is 29.3 Å². The maximum Gasteiger partial charge on any atom is 0.424 e. The van der Waals surface area contributed by atoms with Crippen molar-refractivity contribution < 1.29 is 27.8 Å². The number of para-hydroxylation sites is 1. The Bertz CT molecular complexity index is 758. The van der Waals surface area contributed by atoms with Crippen molar-refractivity contribution in [3.63, 3.8) is 0 Å². The van der Waals surface area contributed by atoms with Gasteiger partial charge in [0.05, 0.1) is 16.6 Å². The van der Waals surface area contributed by atoms with Gasteiger partial charge in [-0.3, -0.25) is 4.79 Å². The summed E-state index contributed by atoms with van der Waals surface area (Å²) in [6.45, 7) is 1.33. The van der Waals surface area contributed by atoms with E-state index in [4.69, 9.17) is 4.74 Å². The topological polar surface area (TPSA) is 71.5 Å². The highest BCUT2D eigenvalue weighted by atomic mass is 32.1. The number of carbonyl (C=O) groups is 1. The average Bonchev–Trinajstić information content (AvgIpc) is 3.32. The molecule has 0 aliphatic heterocycles. The van der Waals surface area contributed by atoms with Gasteiger partial charge in [-0.1, -0.05) is 12.1 Å². The summed E-state index contributed by atoms with van der Waals surface area (Å²) >= 11 is 0.735. The number of hydrogen-bond acceptors (Lipinski definition) is 5. The Morgan fingerprint density at radius 1 is 1.33 bits per heavy atom. The number of carbonyl (C=O) groups excluding carboxylic acids is 1. The first-order valence-corrected chi connectivity index (χ1v) is 9.61. The number of benzene rings is 1. The van der Waals surface area contributed by atoms with Crippen LogP contribution in [0.1, 0.15) is 30.7 Å². The molecule has 1 heterocycles. The SMILES string of the molecule is O=C(CC(O)(c1nc2ccccc2s1)C(F)(F)F)NCCCOCC1CC1. The van der Waals surface area contributed by atoms with Crippen LogP contribution in [-0.4, -0.2) is 41.9 Å². The van der Waals surface area contributed by atoms with Crippen LogP contribution in [0.3, 0.4) is 0 Å². The Balaban J connectivity index is 1.59. The molecule has 0 saturated heterocycles. The van der Waals surface area contributed by atoms with Gasteiger partial charge in [-0.05, 0) is 37.3 Å². The minimum absolute atomic E-state index is 0.192. The molecule has 0 bridgehead atoms. The highest BCUT2D eigenvalue weighted by Gasteiger charge is 2.58. The Morgan fingerprint density at radius 3 is 2.74 bits per heavy atom. The molecule has 5 nitrogen and oxygen atoms in total. The molecule has 3 rings (SSSR count). The minimum atomic E-state index is -5.02. The monoisotopic (exact) mass is 402 g/mol. The first kappa shape index (κ1) is 20.0. The molecule has 1 atom stereocenters. The second-order valence-corrected chi connectivity index (χ2v) is 7.77. The predicted octanol–water partition coefficient (Wildman–Crippen LogP) is 3.37. The van der Waals surface area contributed by atoms with Crippen LogP contribution in [0.25, 0.3) is 10.2 Å². The molecule has 0 radical (unpaired) electrons. The molecule has 1 aromatic heterocycles. The van der Waals surface area contributed by atoms with Crippen LogP contribution in [0.2, 0.25) is 0 Å². The van der Waals surface area contributed by atoms with Crippen molar-refractivity contribution in [2.24, 2.45) is 5.92 Å². The smallest absolute Gasteiger partial charge is 0.381 e. The highest BCUT2D eigenvalue weighted by Crippen LogP contribution is 2.44. The zero-order valence-corrected chi connectivity index (χ0v) is 15.4. The lowest BCUT2D eigenvalue weighted by Crippen LogP contribution is -2.46. The van der Waals surface area contributed by atoms with Crippen LogP contribution >= 0.6 is 11.3 Å². The quantitative estimate of drug-likeness (QED) is 0.631. The number of rotatable bonds is 9. The average molecular weight is 402 g/mol. The Labute approximate surface area is 158 Å². The summed E-state index contributed by atoms with van der Waals surface area (Å²) in [6, 6.07) is 6.51. The molecular weight excluding hydrogens is 381 g/mol.